The molecule has 0 fully saturated rings. The lowest BCUT2D eigenvalue weighted by molar-refractivity contribution is -0.671. The van der Waals surface area contributed by atoms with Crippen LogP contribution in [0.25, 0.3) is 0 Å². The summed E-state index contributed by atoms with van der Waals surface area (Å²) in [6.07, 6.45) is 6.84. The van der Waals surface area contributed by atoms with Crippen LogP contribution in [0, 0.1) is 0 Å². The molecule has 3 heteroatoms. The summed E-state index contributed by atoms with van der Waals surface area (Å²) in [7, 11) is 1.99. The van der Waals surface area contributed by atoms with Crippen molar-refractivity contribution in [1.29, 1.82) is 0 Å². The van der Waals surface area contributed by atoms with Crippen LogP contribution < -0.4 is 4.57 Å². The molecule has 0 bridgehead atoms. The van der Waals surface area contributed by atoms with Crippen molar-refractivity contribution >= 4 is 0 Å². The standard InChI is InChI=1S/C8H15N2O/c1-8(3-6-11)10-5-4-9(2)7-10/h4-5,7-8,11H,3,6H2,1-2H3/q+1. The van der Waals surface area contributed by atoms with E-state index in [4.69, 9.17) is 5.11 Å². The Bertz CT molecular complexity index is 220. The van der Waals surface area contributed by atoms with E-state index >= 15 is 0 Å². The molecule has 1 aromatic heterocycles. The highest BCUT2D eigenvalue weighted by Gasteiger charge is 2.08. The Kier molecular flexibility index (Phi) is 2.65. The predicted octanol–water partition coefficient (Wildman–Crippen LogP) is 0.256. The number of hydrogen-bond acceptors (Lipinski definition) is 1. The van der Waals surface area contributed by atoms with Gasteiger partial charge in [0.25, 0.3) is 0 Å². The van der Waals surface area contributed by atoms with E-state index in [1.807, 2.05) is 30.3 Å². The van der Waals surface area contributed by atoms with E-state index in [2.05, 4.69) is 11.5 Å². The zero-order valence-electron chi connectivity index (χ0n) is 7.07. The normalized spacial score (nSPS) is 13.4. The monoisotopic (exact) mass is 155 g/mol. The van der Waals surface area contributed by atoms with Crippen molar-refractivity contribution in [1.82, 2.24) is 4.57 Å². The van der Waals surface area contributed by atoms with Crippen molar-refractivity contribution < 1.29 is 9.67 Å². The van der Waals surface area contributed by atoms with Gasteiger partial charge in [0.2, 0.25) is 6.33 Å². The minimum Gasteiger partial charge on any atom is -0.396 e. The topological polar surface area (TPSA) is 29.0 Å². The number of aliphatic hydroxyl groups excluding tert-OH is 1. The lowest BCUT2D eigenvalue weighted by Crippen LogP contribution is -2.24. The van der Waals surface area contributed by atoms with Crippen LogP contribution in [0.5, 0.6) is 0 Å². The molecular weight excluding hydrogens is 140 g/mol. The first-order valence-electron chi connectivity index (χ1n) is 3.87. The van der Waals surface area contributed by atoms with Gasteiger partial charge in [0.1, 0.15) is 12.4 Å². The summed E-state index contributed by atoms with van der Waals surface area (Å²) < 4.78 is 4.09. The van der Waals surface area contributed by atoms with Crippen LogP contribution in [0.1, 0.15) is 19.4 Å². The zero-order chi connectivity index (χ0) is 8.27. The van der Waals surface area contributed by atoms with Gasteiger partial charge in [-0.2, -0.15) is 0 Å². The molecule has 11 heavy (non-hydrogen) atoms. The van der Waals surface area contributed by atoms with E-state index in [1.54, 1.807) is 0 Å². The molecule has 1 rings (SSSR count). The molecule has 0 aliphatic heterocycles. The minimum atomic E-state index is 0.253. The van der Waals surface area contributed by atoms with E-state index in [0.717, 1.165) is 6.42 Å². The van der Waals surface area contributed by atoms with Crippen molar-refractivity contribution in [3.05, 3.63) is 18.7 Å². The van der Waals surface area contributed by atoms with Gasteiger partial charge in [-0.15, -0.1) is 0 Å². The Labute approximate surface area is 66.9 Å². The van der Waals surface area contributed by atoms with Gasteiger partial charge in [-0.3, -0.25) is 0 Å². The molecule has 0 saturated heterocycles. The van der Waals surface area contributed by atoms with E-state index in [1.165, 1.54) is 0 Å². The quantitative estimate of drug-likeness (QED) is 0.623. The molecule has 62 valence electrons. The first kappa shape index (κ1) is 8.27. The summed E-state index contributed by atoms with van der Waals surface area (Å²) in [6, 6.07) is 0.390. The SMILES string of the molecule is CC(CCO)n1cc[n+](C)c1. The highest BCUT2D eigenvalue weighted by atomic mass is 16.3. The van der Waals surface area contributed by atoms with Crippen molar-refractivity contribution in [2.24, 2.45) is 7.05 Å². The Morgan fingerprint density at radius 2 is 2.36 bits per heavy atom. The van der Waals surface area contributed by atoms with Crippen molar-refractivity contribution in [2.75, 3.05) is 6.61 Å². The van der Waals surface area contributed by atoms with Crippen LogP contribution in [-0.4, -0.2) is 16.3 Å². The zero-order valence-corrected chi connectivity index (χ0v) is 7.07. The summed E-state index contributed by atoms with van der Waals surface area (Å²) in [5, 5.41) is 8.68. The summed E-state index contributed by atoms with van der Waals surface area (Å²) >= 11 is 0. The summed E-state index contributed by atoms with van der Waals surface area (Å²) in [5.74, 6) is 0. The maximum Gasteiger partial charge on any atom is 0.243 e. The average Bonchev–Trinajstić information content (AvgIpc) is 2.36. The first-order chi connectivity index (χ1) is 5.24. The highest BCUT2D eigenvalue weighted by molar-refractivity contribution is 4.71. The molecule has 0 aliphatic carbocycles. The summed E-state index contributed by atoms with van der Waals surface area (Å²) in [4.78, 5) is 0. The molecular formula is C8H15N2O+. The van der Waals surface area contributed by atoms with Gasteiger partial charge in [0, 0.05) is 13.0 Å². The molecule has 0 spiro atoms. The lowest BCUT2D eigenvalue weighted by Gasteiger charge is -2.03. The van der Waals surface area contributed by atoms with Crippen molar-refractivity contribution in [2.45, 2.75) is 19.4 Å². The number of hydrogen-bond donors (Lipinski definition) is 1. The molecule has 1 heterocycles. The molecule has 0 amide bonds. The van der Waals surface area contributed by atoms with E-state index in [9.17, 15) is 0 Å². The Morgan fingerprint density at radius 1 is 1.64 bits per heavy atom. The molecule has 1 N–H and O–H groups in total. The Balaban J connectivity index is 2.60. The Morgan fingerprint density at radius 3 is 2.82 bits per heavy atom. The van der Waals surface area contributed by atoms with Crippen LogP contribution in [0.15, 0.2) is 18.7 Å². The van der Waals surface area contributed by atoms with E-state index in [-0.39, 0.29) is 6.61 Å². The fourth-order valence-corrected chi connectivity index (χ4v) is 1.07. The number of nitrogens with zero attached hydrogens (tertiary/aromatic N) is 2. The van der Waals surface area contributed by atoms with E-state index in [0.29, 0.717) is 6.04 Å². The molecule has 0 aliphatic rings. The molecule has 0 radical (unpaired) electrons. The molecule has 0 aromatic carbocycles. The van der Waals surface area contributed by atoms with Crippen LogP contribution >= 0.6 is 0 Å². The number of aryl methyl sites for hydroxylation is 1. The smallest absolute Gasteiger partial charge is 0.243 e. The highest BCUT2D eigenvalue weighted by Crippen LogP contribution is 2.06. The molecule has 3 nitrogen and oxygen atoms in total. The Hall–Kier alpha value is -0.830. The maximum atomic E-state index is 8.68. The molecule has 1 aromatic rings. The molecule has 1 unspecified atom stereocenters. The second-order valence-corrected chi connectivity index (χ2v) is 2.89. The average molecular weight is 155 g/mol. The van der Waals surface area contributed by atoms with Crippen molar-refractivity contribution in [3.8, 4) is 0 Å². The van der Waals surface area contributed by atoms with Gasteiger partial charge >= 0.3 is 0 Å². The third kappa shape index (κ3) is 2.05. The van der Waals surface area contributed by atoms with Gasteiger partial charge in [-0.25, -0.2) is 9.13 Å². The largest absolute Gasteiger partial charge is 0.396 e. The second kappa shape index (κ2) is 3.53. The third-order valence-electron chi connectivity index (χ3n) is 1.85. The van der Waals surface area contributed by atoms with Crippen LogP contribution in [0.3, 0.4) is 0 Å². The summed E-state index contributed by atoms with van der Waals surface area (Å²) in [6.45, 7) is 2.35. The fourth-order valence-electron chi connectivity index (χ4n) is 1.07. The van der Waals surface area contributed by atoms with Crippen LogP contribution in [0.4, 0.5) is 0 Å². The maximum absolute atomic E-state index is 8.68. The van der Waals surface area contributed by atoms with Gasteiger partial charge in [-0.1, -0.05) is 0 Å². The number of rotatable bonds is 3. The van der Waals surface area contributed by atoms with Gasteiger partial charge in [0.05, 0.1) is 13.1 Å². The van der Waals surface area contributed by atoms with Gasteiger partial charge in [-0.05, 0) is 6.92 Å². The van der Waals surface area contributed by atoms with Crippen LogP contribution in [-0.2, 0) is 7.05 Å². The van der Waals surface area contributed by atoms with Gasteiger partial charge in [0.15, 0.2) is 0 Å². The molecule has 1 atom stereocenters. The van der Waals surface area contributed by atoms with Gasteiger partial charge < -0.3 is 5.11 Å². The first-order valence-corrected chi connectivity index (χ1v) is 3.87. The number of imidazole rings is 1. The van der Waals surface area contributed by atoms with E-state index < -0.39 is 0 Å². The predicted molar refractivity (Wildman–Crippen MR) is 42.0 cm³/mol. The third-order valence-corrected chi connectivity index (χ3v) is 1.85. The summed E-state index contributed by atoms with van der Waals surface area (Å²) in [5.41, 5.74) is 0. The second-order valence-electron chi connectivity index (χ2n) is 2.89. The van der Waals surface area contributed by atoms with Crippen molar-refractivity contribution in [3.63, 3.8) is 0 Å². The number of aromatic nitrogens is 2. The fraction of sp³-hybridized carbons (Fsp3) is 0.625. The minimum absolute atomic E-state index is 0.253. The molecule has 0 saturated carbocycles. The van der Waals surface area contributed by atoms with Crippen LogP contribution in [0.2, 0.25) is 0 Å². The number of aliphatic hydroxyl groups is 1. The lowest BCUT2D eigenvalue weighted by atomic mass is 10.2.